The van der Waals surface area contributed by atoms with Crippen molar-refractivity contribution < 1.29 is 14.6 Å². The van der Waals surface area contributed by atoms with Crippen LogP contribution in [0.5, 0.6) is 0 Å². The van der Waals surface area contributed by atoms with Gasteiger partial charge in [-0.15, -0.1) is 0 Å². The summed E-state index contributed by atoms with van der Waals surface area (Å²) in [4.78, 5) is 17.9. The zero-order valence-corrected chi connectivity index (χ0v) is 11.3. The number of aliphatic hydroxyl groups excluding tert-OH is 1. The standard InChI is InChI=1S/C14H20N2O3/c1-16(14(18)10-6-3-4-9-15-10)11-7-5-8-12(19-2)13(11)17/h3-4,6,9,11-13,17H,5,7-8H2,1-2H3/t11-,12-,13-/m1/s1. The zero-order valence-electron chi connectivity index (χ0n) is 11.3. The topological polar surface area (TPSA) is 62.7 Å². The molecular weight excluding hydrogens is 244 g/mol. The third-order valence-corrected chi connectivity index (χ3v) is 3.77. The molecule has 0 bridgehead atoms. The monoisotopic (exact) mass is 264 g/mol. The molecule has 1 heterocycles. The van der Waals surface area contributed by atoms with Crippen LogP contribution in [0.3, 0.4) is 0 Å². The Morgan fingerprint density at radius 2 is 2.26 bits per heavy atom. The van der Waals surface area contributed by atoms with E-state index in [1.165, 1.54) is 0 Å². The molecule has 104 valence electrons. The second kappa shape index (κ2) is 6.12. The lowest BCUT2D eigenvalue weighted by molar-refractivity contribution is -0.0715. The van der Waals surface area contributed by atoms with Crippen molar-refractivity contribution in [2.24, 2.45) is 0 Å². The Hall–Kier alpha value is -1.46. The summed E-state index contributed by atoms with van der Waals surface area (Å²) in [6.07, 6.45) is 3.32. The van der Waals surface area contributed by atoms with Crippen molar-refractivity contribution in [2.45, 2.75) is 37.5 Å². The van der Waals surface area contributed by atoms with Gasteiger partial charge in [0.1, 0.15) is 11.8 Å². The molecule has 1 fully saturated rings. The van der Waals surface area contributed by atoms with Gasteiger partial charge in [-0.25, -0.2) is 0 Å². The van der Waals surface area contributed by atoms with Crippen LogP contribution in [0.4, 0.5) is 0 Å². The average molecular weight is 264 g/mol. The number of pyridine rings is 1. The van der Waals surface area contributed by atoms with E-state index >= 15 is 0 Å². The first-order chi connectivity index (χ1) is 9.15. The number of rotatable bonds is 3. The van der Waals surface area contributed by atoms with E-state index in [0.717, 1.165) is 19.3 Å². The van der Waals surface area contributed by atoms with E-state index in [2.05, 4.69) is 4.98 Å². The second-order valence-electron chi connectivity index (χ2n) is 4.89. The fraction of sp³-hybridized carbons (Fsp3) is 0.571. The van der Waals surface area contributed by atoms with Gasteiger partial charge in [-0.3, -0.25) is 9.78 Å². The number of hydrogen-bond donors (Lipinski definition) is 1. The van der Waals surface area contributed by atoms with Gasteiger partial charge in [0.25, 0.3) is 5.91 Å². The Kier molecular flexibility index (Phi) is 4.50. The number of amides is 1. The zero-order chi connectivity index (χ0) is 13.8. The van der Waals surface area contributed by atoms with Crippen LogP contribution in [-0.2, 0) is 4.74 Å². The Morgan fingerprint density at radius 3 is 2.89 bits per heavy atom. The van der Waals surface area contributed by atoms with Crippen molar-refractivity contribution in [3.05, 3.63) is 30.1 Å². The molecule has 0 spiro atoms. The molecule has 0 aliphatic heterocycles. The van der Waals surface area contributed by atoms with E-state index in [1.807, 2.05) is 0 Å². The first-order valence-corrected chi connectivity index (χ1v) is 6.54. The molecule has 1 saturated carbocycles. The maximum Gasteiger partial charge on any atom is 0.272 e. The molecule has 1 aliphatic carbocycles. The summed E-state index contributed by atoms with van der Waals surface area (Å²) >= 11 is 0. The molecule has 1 aromatic heterocycles. The molecule has 1 aromatic rings. The molecule has 0 unspecified atom stereocenters. The second-order valence-corrected chi connectivity index (χ2v) is 4.89. The van der Waals surface area contributed by atoms with Gasteiger partial charge in [-0.2, -0.15) is 0 Å². The Balaban J connectivity index is 2.10. The van der Waals surface area contributed by atoms with Crippen LogP contribution in [0, 0.1) is 0 Å². The summed E-state index contributed by atoms with van der Waals surface area (Å²) in [5.74, 6) is -0.165. The van der Waals surface area contributed by atoms with Crippen LogP contribution in [0.25, 0.3) is 0 Å². The number of methoxy groups -OCH3 is 1. The molecule has 0 aromatic carbocycles. The van der Waals surface area contributed by atoms with E-state index in [4.69, 9.17) is 4.74 Å². The third kappa shape index (κ3) is 2.93. The molecule has 1 aliphatic rings. The number of hydrogen-bond acceptors (Lipinski definition) is 4. The molecule has 1 amide bonds. The Labute approximate surface area is 113 Å². The molecular formula is C14H20N2O3. The summed E-state index contributed by atoms with van der Waals surface area (Å²) in [5, 5.41) is 10.3. The number of aromatic nitrogens is 1. The SMILES string of the molecule is CO[C@@H]1CCC[C@@H](N(C)C(=O)c2ccccn2)[C@H]1O. The highest BCUT2D eigenvalue weighted by Gasteiger charge is 2.36. The maximum atomic E-state index is 12.3. The van der Waals surface area contributed by atoms with E-state index in [0.29, 0.717) is 5.69 Å². The van der Waals surface area contributed by atoms with Crippen LogP contribution in [0.15, 0.2) is 24.4 Å². The average Bonchev–Trinajstić information content (AvgIpc) is 2.47. The van der Waals surface area contributed by atoms with Crippen molar-refractivity contribution >= 4 is 5.91 Å². The Bertz CT molecular complexity index is 424. The fourth-order valence-corrected chi connectivity index (χ4v) is 2.62. The van der Waals surface area contributed by atoms with Gasteiger partial charge >= 0.3 is 0 Å². The van der Waals surface area contributed by atoms with Gasteiger partial charge < -0.3 is 14.7 Å². The number of likely N-dealkylation sites (N-methyl/N-ethyl adjacent to an activating group) is 1. The normalized spacial score (nSPS) is 27.0. The summed E-state index contributed by atoms with van der Waals surface area (Å²) < 4.78 is 5.27. The van der Waals surface area contributed by atoms with Crippen LogP contribution >= 0.6 is 0 Å². The van der Waals surface area contributed by atoms with Crippen molar-refractivity contribution in [3.8, 4) is 0 Å². The van der Waals surface area contributed by atoms with Crippen molar-refractivity contribution in [1.82, 2.24) is 9.88 Å². The van der Waals surface area contributed by atoms with Gasteiger partial charge in [0.15, 0.2) is 0 Å². The van der Waals surface area contributed by atoms with Crippen molar-refractivity contribution in [3.63, 3.8) is 0 Å². The first kappa shape index (κ1) is 14.0. The lowest BCUT2D eigenvalue weighted by Gasteiger charge is -2.39. The molecule has 0 saturated heterocycles. The minimum absolute atomic E-state index is 0.165. The van der Waals surface area contributed by atoms with E-state index in [1.54, 1.807) is 43.5 Å². The molecule has 3 atom stereocenters. The minimum Gasteiger partial charge on any atom is -0.388 e. The van der Waals surface area contributed by atoms with Crippen LogP contribution in [-0.4, -0.2) is 53.3 Å². The van der Waals surface area contributed by atoms with Crippen molar-refractivity contribution in [2.75, 3.05) is 14.2 Å². The molecule has 5 heteroatoms. The highest BCUT2D eigenvalue weighted by atomic mass is 16.5. The van der Waals surface area contributed by atoms with Crippen LogP contribution < -0.4 is 0 Å². The van der Waals surface area contributed by atoms with Crippen LogP contribution in [0.1, 0.15) is 29.8 Å². The quantitative estimate of drug-likeness (QED) is 0.887. The first-order valence-electron chi connectivity index (χ1n) is 6.54. The molecule has 19 heavy (non-hydrogen) atoms. The molecule has 1 N–H and O–H groups in total. The van der Waals surface area contributed by atoms with Gasteiger partial charge in [0, 0.05) is 20.4 Å². The summed E-state index contributed by atoms with van der Waals surface area (Å²) in [7, 11) is 3.31. The number of ether oxygens (including phenoxy) is 1. The predicted molar refractivity (Wildman–Crippen MR) is 70.8 cm³/mol. The number of nitrogens with zero attached hydrogens (tertiary/aromatic N) is 2. The van der Waals surface area contributed by atoms with Gasteiger partial charge in [-0.05, 0) is 31.4 Å². The van der Waals surface area contributed by atoms with Crippen LogP contribution in [0.2, 0.25) is 0 Å². The van der Waals surface area contributed by atoms with Gasteiger partial charge in [-0.1, -0.05) is 6.07 Å². The fourth-order valence-electron chi connectivity index (χ4n) is 2.62. The highest BCUT2D eigenvalue weighted by Crippen LogP contribution is 2.25. The number of aliphatic hydroxyl groups is 1. The minimum atomic E-state index is -0.642. The largest absolute Gasteiger partial charge is 0.388 e. The smallest absolute Gasteiger partial charge is 0.272 e. The Morgan fingerprint density at radius 1 is 1.47 bits per heavy atom. The highest BCUT2D eigenvalue weighted by molar-refractivity contribution is 5.92. The van der Waals surface area contributed by atoms with Gasteiger partial charge in [0.05, 0.1) is 12.1 Å². The lowest BCUT2D eigenvalue weighted by Crippen LogP contribution is -2.52. The van der Waals surface area contributed by atoms with Crippen molar-refractivity contribution in [1.29, 1.82) is 0 Å². The predicted octanol–water partition coefficient (Wildman–Crippen LogP) is 1.08. The van der Waals surface area contributed by atoms with E-state index < -0.39 is 6.10 Å². The number of carbonyl (C=O) groups is 1. The number of carbonyl (C=O) groups excluding carboxylic acids is 1. The maximum absolute atomic E-state index is 12.3. The summed E-state index contributed by atoms with van der Waals surface area (Å²) in [5.41, 5.74) is 0.400. The summed E-state index contributed by atoms with van der Waals surface area (Å²) in [6, 6.07) is 5.02. The lowest BCUT2D eigenvalue weighted by atomic mass is 9.89. The third-order valence-electron chi connectivity index (χ3n) is 3.77. The van der Waals surface area contributed by atoms with Gasteiger partial charge in [0.2, 0.25) is 0 Å². The molecule has 0 radical (unpaired) electrons. The van der Waals surface area contributed by atoms with E-state index in [9.17, 15) is 9.90 Å². The summed E-state index contributed by atoms with van der Waals surface area (Å²) in [6.45, 7) is 0. The molecule has 2 rings (SSSR count). The molecule has 5 nitrogen and oxygen atoms in total. The van der Waals surface area contributed by atoms with E-state index in [-0.39, 0.29) is 18.1 Å².